The van der Waals surface area contributed by atoms with Crippen LogP contribution in [0.1, 0.15) is 6.92 Å². The third kappa shape index (κ3) is 2.68. The van der Waals surface area contributed by atoms with Crippen molar-refractivity contribution in [2.24, 2.45) is 0 Å². The predicted molar refractivity (Wildman–Crippen MR) is 73.5 cm³/mol. The lowest BCUT2D eigenvalue weighted by atomic mass is 10.3. The molecule has 1 heterocycles. The molecular formula is C12H14ClN5. The number of rotatable bonds is 4. The van der Waals surface area contributed by atoms with Crippen LogP contribution in [-0.2, 0) is 0 Å². The van der Waals surface area contributed by atoms with Crippen LogP contribution in [0.25, 0.3) is 0 Å². The molecule has 94 valence electrons. The summed E-state index contributed by atoms with van der Waals surface area (Å²) in [5, 5.41) is 3.04. The van der Waals surface area contributed by atoms with Crippen molar-refractivity contribution in [3.05, 3.63) is 35.6 Å². The van der Waals surface area contributed by atoms with Crippen LogP contribution < -0.4 is 10.2 Å². The maximum absolute atomic E-state index is 5.89. The van der Waals surface area contributed by atoms with E-state index in [-0.39, 0.29) is 5.28 Å². The van der Waals surface area contributed by atoms with Crippen molar-refractivity contribution in [2.45, 2.75) is 6.92 Å². The summed E-state index contributed by atoms with van der Waals surface area (Å²) in [6.07, 6.45) is 0. The number of halogens is 1. The molecule has 2 rings (SSSR count). The van der Waals surface area contributed by atoms with E-state index in [0.29, 0.717) is 11.9 Å². The second kappa shape index (κ2) is 5.64. The minimum absolute atomic E-state index is 0.179. The SMILES string of the molecule is CCN(c1ccccc1)c1nc(Cl)nc(NC)n1. The number of aromatic nitrogens is 3. The maximum Gasteiger partial charge on any atom is 0.236 e. The highest BCUT2D eigenvalue weighted by molar-refractivity contribution is 6.28. The molecule has 0 saturated heterocycles. The number of hydrogen-bond donors (Lipinski definition) is 1. The molecule has 0 amide bonds. The summed E-state index contributed by atoms with van der Waals surface area (Å²) in [6.45, 7) is 2.78. The first-order valence-electron chi connectivity index (χ1n) is 5.66. The molecule has 0 aliphatic heterocycles. The van der Waals surface area contributed by atoms with Crippen LogP contribution in [0.2, 0.25) is 5.28 Å². The summed E-state index contributed by atoms with van der Waals surface area (Å²) in [5.41, 5.74) is 1.02. The minimum atomic E-state index is 0.179. The van der Waals surface area contributed by atoms with Gasteiger partial charge in [-0.1, -0.05) is 18.2 Å². The van der Waals surface area contributed by atoms with Gasteiger partial charge in [0, 0.05) is 19.3 Å². The van der Waals surface area contributed by atoms with Gasteiger partial charge < -0.3 is 10.2 Å². The van der Waals surface area contributed by atoms with Crippen LogP contribution in [0.3, 0.4) is 0 Å². The molecule has 0 aliphatic carbocycles. The second-order valence-electron chi connectivity index (χ2n) is 3.56. The van der Waals surface area contributed by atoms with Gasteiger partial charge in [-0.3, -0.25) is 0 Å². The van der Waals surface area contributed by atoms with Gasteiger partial charge in [-0.05, 0) is 30.7 Å². The molecule has 5 nitrogen and oxygen atoms in total. The van der Waals surface area contributed by atoms with Gasteiger partial charge in [0.2, 0.25) is 17.2 Å². The van der Waals surface area contributed by atoms with Gasteiger partial charge in [0.15, 0.2) is 0 Å². The summed E-state index contributed by atoms with van der Waals surface area (Å²) in [5.74, 6) is 0.993. The van der Waals surface area contributed by atoms with E-state index in [4.69, 9.17) is 11.6 Å². The van der Waals surface area contributed by atoms with E-state index in [1.54, 1.807) is 7.05 Å². The largest absolute Gasteiger partial charge is 0.357 e. The Bertz CT molecular complexity index is 517. The van der Waals surface area contributed by atoms with Crippen molar-refractivity contribution in [1.82, 2.24) is 15.0 Å². The van der Waals surface area contributed by atoms with E-state index in [1.807, 2.05) is 42.2 Å². The zero-order valence-corrected chi connectivity index (χ0v) is 11.0. The Kier molecular flexibility index (Phi) is 3.94. The molecule has 18 heavy (non-hydrogen) atoms. The van der Waals surface area contributed by atoms with Gasteiger partial charge in [-0.15, -0.1) is 0 Å². The van der Waals surface area contributed by atoms with Crippen LogP contribution in [0, 0.1) is 0 Å². The van der Waals surface area contributed by atoms with Crippen molar-refractivity contribution in [3.8, 4) is 0 Å². The molecule has 0 atom stereocenters. The maximum atomic E-state index is 5.89. The highest BCUT2D eigenvalue weighted by Gasteiger charge is 2.12. The molecule has 1 aromatic carbocycles. The fraction of sp³-hybridized carbons (Fsp3) is 0.250. The van der Waals surface area contributed by atoms with Gasteiger partial charge in [-0.25, -0.2) is 0 Å². The van der Waals surface area contributed by atoms with Crippen molar-refractivity contribution in [1.29, 1.82) is 0 Å². The van der Waals surface area contributed by atoms with Gasteiger partial charge >= 0.3 is 0 Å². The Morgan fingerprint density at radius 1 is 1.17 bits per heavy atom. The van der Waals surface area contributed by atoms with E-state index in [2.05, 4.69) is 20.3 Å². The Balaban J connectivity index is 2.42. The van der Waals surface area contributed by atoms with E-state index < -0.39 is 0 Å². The molecule has 0 bridgehead atoms. The molecule has 0 spiro atoms. The number of nitrogens with zero attached hydrogens (tertiary/aromatic N) is 4. The lowest BCUT2D eigenvalue weighted by molar-refractivity contribution is 0.923. The van der Waals surface area contributed by atoms with Crippen LogP contribution in [0.15, 0.2) is 30.3 Å². The van der Waals surface area contributed by atoms with E-state index in [9.17, 15) is 0 Å². The lowest BCUT2D eigenvalue weighted by Gasteiger charge is -2.21. The molecule has 0 aliphatic rings. The molecule has 0 saturated carbocycles. The van der Waals surface area contributed by atoms with Crippen molar-refractivity contribution in [3.63, 3.8) is 0 Å². The average molecular weight is 264 g/mol. The number of anilines is 3. The Morgan fingerprint density at radius 2 is 1.89 bits per heavy atom. The molecule has 0 radical (unpaired) electrons. The smallest absolute Gasteiger partial charge is 0.236 e. The molecular weight excluding hydrogens is 250 g/mol. The molecule has 1 N–H and O–H groups in total. The Morgan fingerprint density at radius 3 is 2.50 bits per heavy atom. The first-order valence-corrected chi connectivity index (χ1v) is 6.04. The number of para-hydroxylation sites is 1. The molecule has 0 unspecified atom stereocenters. The second-order valence-corrected chi connectivity index (χ2v) is 3.90. The Labute approximate surface area is 111 Å². The van der Waals surface area contributed by atoms with Crippen molar-refractivity contribution < 1.29 is 0 Å². The standard InChI is InChI=1S/C12H14ClN5/c1-3-18(9-7-5-4-6-8-9)12-16-10(13)15-11(14-2)17-12/h4-8H,3H2,1-2H3,(H,14,15,16,17). The summed E-state index contributed by atoms with van der Waals surface area (Å²) < 4.78 is 0. The van der Waals surface area contributed by atoms with E-state index in [1.165, 1.54) is 0 Å². The fourth-order valence-corrected chi connectivity index (χ4v) is 1.78. The Hall–Kier alpha value is -1.88. The topological polar surface area (TPSA) is 53.9 Å². The summed E-state index contributed by atoms with van der Waals surface area (Å²) in [6, 6.07) is 9.91. The third-order valence-electron chi connectivity index (χ3n) is 2.45. The van der Waals surface area contributed by atoms with Crippen LogP contribution >= 0.6 is 11.6 Å². The van der Waals surface area contributed by atoms with Gasteiger partial charge in [0.1, 0.15) is 0 Å². The molecule has 0 fully saturated rings. The fourth-order valence-electron chi connectivity index (χ4n) is 1.62. The minimum Gasteiger partial charge on any atom is -0.357 e. The summed E-state index contributed by atoms with van der Waals surface area (Å²) in [4.78, 5) is 14.4. The van der Waals surface area contributed by atoms with Crippen molar-refractivity contribution >= 4 is 29.2 Å². The predicted octanol–water partition coefficient (Wildman–Crippen LogP) is 2.72. The normalized spacial score (nSPS) is 10.2. The van der Waals surface area contributed by atoms with Gasteiger partial charge in [0.25, 0.3) is 0 Å². The van der Waals surface area contributed by atoms with E-state index >= 15 is 0 Å². The molecule has 2 aromatic rings. The zero-order valence-electron chi connectivity index (χ0n) is 10.3. The first-order chi connectivity index (χ1) is 8.74. The highest BCUT2D eigenvalue weighted by atomic mass is 35.5. The van der Waals surface area contributed by atoms with Crippen LogP contribution in [0.4, 0.5) is 17.6 Å². The zero-order chi connectivity index (χ0) is 13.0. The quantitative estimate of drug-likeness (QED) is 0.919. The number of benzene rings is 1. The third-order valence-corrected chi connectivity index (χ3v) is 2.61. The first kappa shape index (κ1) is 12.6. The van der Waals surface area contributed by atoms with Gasteiger partial charge in [-0.2, -0.15) is 15.0 Å². The van der Waals surface area contributed by atoms with E-state index in [0.717, 1.165) is 12.2 Å². The van der Waals surface area contributed by atoms with Crippen molar-refractivity contribution in [2.75, 3.05) is 23.8 Å². The average Bonchev–Trinajstić information content (AvgIpc) is 2.40. The molecule has 6 heteroatoms. The van der Waals surface area contributed by atoms with Crippen LogP contribution in [0.5, 0.6) is 0 Å². The number of hydrogen-bond acceptors (Lipinski definition) is 5. The summed E-state index contributed by atoms with van der Waals surface area (Å²) in [7, 11) is 1.74. The molecule has 1 aromatic heterocycles. The van der Waals surface area contributed by atoms with Crippen LogP contribution in [-0.4, -0.2) is 28.5 Å². The van der Waals surface area contributed by atoms with Gasteiger partial charge in [0.05, 0.1) is 0 Å². The lowest BCUT2D eigenvalue weighted by Crippen LogP contribution is -2.19. The summed E-state index contributed by atoms with van der Waals surface area (Å²) >= 11 is 5.89. The number of nitrogens with one attached hydrogen (secondary N) is 1. The highest BCUT2D eigenvalue weighted by Crippen LogP contribution is 2.22. The monoisotopic (exact) mass is 263 g/mol.